The molecule has 2 heterocycles. The summed E-state index contributed by atoms with van der Waals surface area (Å²) >= 11 is 1.71. The van der Waals surface area contributed by atoms with Gasteiger partial charge < -0.3 is 5.32 Å². The third-order valence-electron chi connectivity index (χ3n) is 3.02. The fourth-order valence-electron chi connectivity index (χ4n) is 2.11. The number of hydrogen-bond donors (Lipinski definition) is 1. The summed E-state index contributed by atoms with van der Waals surface area (Å²) in [5.74, 6) is 0. The molecule has 0 amide bonds. The molecule has 0 radical (unpaired) electrons. The fourth-order valence-corrected chi connectivity index (χ4v) is 2.87. The van der Waals surface area contributed by atoms with Crippen molar-refractivity contribution in [1.29, 1.82) is 0 Å². The van der Waals surface area contributed by atoms with Gasteiger partial charge in [0, 0.05) is 29.7 Å². The first-order chi connectivity index (χ1) is 8.67. The Morgan fingerprint density at radius 1 is 1.33 bits per heavy atom. The molecule has 0 bridgehead atoms. The van der Waals surface area contributed by atoms with Crippen molar-refractivity contribution in [1.82, 2.24) is 20.1 Å². The summed E-state index contributed by atoms with van der Waals surface area (Å²) in [5, 5.41) is 11.1. The Bertz CT molecular complexity index is 527. The zero-order valence-electron chi connectivity index (χ0n) is 11.4. The molecule has 0 aliphatic carbocycles. The van der Waals surface area contributed by atoms with Gasteiger partial charge in [-0.15, -0.1) is 11.3 Å². The van der Waals surface area contributed by atoms with Crippen LogP contribution < -0.4 is 5.32 Å². The zero-order valence-corrected chi connectivity index (χ0v) is 12.3. The van der Waals surface area contributed by atoms with E-state index < -0.39 is 0 Å². The molecule has 0 saturated carbocycles. The summed E-state index contributed by atoms with van der Waals surface area (Å²) in [7, 11) is 0. The van der Waals surface area contributed by atoms with Crippen LogP contribution in [0.5, 0.6) is 0 Å². The average Bonchev–Trinajstić information content (AvgIpc) is 2.91. The van der Waals surface area contributed by atoms with Crippen molar-refractivity contribution in [2.45, 2.75) is 40.8 Å². The van der Waals surface area contributed by atoms with Gasteiger partial charge in [0.15, 0.2) is 0 Å². The first-order valence-electron chi connectivity index (χ1n) is 6.36. The molecule has 98 valence electrons. The lowest BCUT2D eigenvalue weighted by molar-refractivity contribution is 0.634. The summed E-state index contributed by atoms with van der Waals surface area (Å²) in [6, 6.07) is 0. The number of aromatic nitrogens is 3. The molecule has 18 heavy (non-hydrogen) atoms. The molecule has 0 fully saturated rings. The van der Waals surface area contributed by atoms with Crippen LogP contribution in [0.1, 0.15) is 30.2 Å². The van der Waals surface area contributed by atoms with Crippen molar-refractivity contribution in [3.05, 3.63) is 21.8 Å². The Balaban J connectivity index is 2.31. The Labute approximate surface area is 112 Å². The minimum atomic E-state index is 0.848. The zero-order chi connectivity index (χ0) is 13.1. The number of hydrogen-bond acceptors (Lipinski definition) is 4. The van der Waals surface area contributed by atoms with Crippen molar-refractivity contribution < 1.29 is 0 Å². The molecule has 4 nitrogen and oxygen atoms in total. The smallest absolute Gasteiger partial charge is 0.107 e. The summed E-state index contributed by atoms with van der Waals surface area (Å²) in [4.78, 5) is 4.69. The molecule has 1 N–H and O–H groups in total. The van der Waals surface area contributed by atoms with Crippen molar-refractivity contribution in [2.75, 3.05) is 6.54 Å². The molecule has 0 aliphatic heterocycles. The van der Waals surface area contributed by atoms with Crippen LogP contribution in [-0.4, -0.2) is 21.3 Å². The van der Waals surface area contributed by atoms with Crippen molar-refractivity contribution in [3.63, 3.8) is 0 Å². The topological polar surface area (TPSA) is 42.7 Å². The predicted molar refractivity (Wildman–Crippen MR) is 75.9 cm³/mol. The molecular formula is C13H20N4S. The van der Waals surface area contributed by atoms with Crippen LogP contribution in [0.3, 0.4) is 0 Å². The molecule has 2 rings (SSSR count). The number of thiazole rings is 1. The largest absolute Gasteiger partial charge is 0.311 e. The number of rotatable bonds is 5. The minimum absolute atomic E-state index is 0.848. The van der Waals surface area contributed by atoms with E-state index in [9.17, 15) is 0 Å². The van der Waals surface area contributed by atoms with E-state index in [4.69, 9.17) is 0 Å². The Hall–Kier alpha value is -1.20. The van der Waals surface area contributed by atoms with Gasteiger partial charge in [-0.3, -0.25) is 4.68 Å². The van der Waals surface area contributed by atoms with Gasteiger partial charge in [0.2, 0.25) is 0 Å². The van der Waals surface area contributed by atoms with E-state index in [1.807, 2.05) is 4.68 Å². The Morgan fingerprint density at radius 3 is 2.72 bits per heavy atom. The minimum Gasteiger partial charge on any atom is -0.311 e. The van der Waals surface area contributed by atoms with E-state index in [2.05, 4.69) is 48.5 Å². The first kappa shape index (κ1) is 13.2. The number of nitrogens with one attached hydrogen (secondary N) is 1. The lowest BCUT2D eigenvalue weighted by Gasteiger charge is -2.00. The van der Waals surface area contributed by atoms with E-state index >= 15 is 0 Å². The standard InChI is InChI=1S/C13H20N4S/c1-5-14-7-12-15-11(8-18-12)13-9(3)16-17(6-2)10(13)4/h8,14H,5-7H2,1-4H3. The Kier molecular flexibility index (Phi) is 4.14. The van der Waals surface area contributed by atoms with E-state index in [0.29, 0.717) is 0 Å². The van der Waals surface area contributed by atoms with Crippen LogP contribution in [0.25, 0.3) is 11.3 Å². The summed E-state index contributed by atoms with van der Waals surface area (Å²) in [6.45, 7) is 11.1. The summed E-state index contributed by atoms with van der Waals surface area (Å²) < 4.78 is 2.04. The van der Waals surface area contributed by atoms with Crippen LogP contribution in [0, 0.1) is 13.8 Å². The maximum Gasteiger partial charge on any atom is 0.107 e. The van der Waals surface area contributed by atoms with E-state index in [1.165, 1.54) is 11.3 Å². The second kappa shape index (κ2) is 5.63. The van der Waals surface area contributed by atoms with Crippen LogP contribution in [0.2, 0.25) is 0 Å². The van der Waals surface area contributed by atoms with Gasteiger partial charge in [0.25, 0.3) is 0 Å². The third-order valence-corrected chi connectivity index (χ3v) is 3.86. The normalized spacial score (nSPS) is 11.1. The first-order valence-corrected chi connectivity index (χ1v) is 7.24. The molecule has 2 aromatic heterocycles. The van der Waals surface area contributed by atoms with Gasteiger partial charge in [-0.05, 0) is 27.3 Å². The third kappa shape index (κ3) is 2.47. The van der Waals surface area contributed by atoms with Gasteiger partial charge in [0.1, 0.15) is 5.01 Å². The van der Waals surface area contributed by atoms with Crippen LogP contribution in [0.15, 0.2) is 5.38 Å². The highest BCUT2D eigenvalue weighted by Crippen LogP contribution is 2.28. The van der Waals surface area contributed by atoms with Gasteiger partial charge in [-0.25, -0.2) is 4.98 Å². The number of nitrogens with zero attached hydrogens (tertiary/aromatic N) is 3. The van der Waals surface area contributed by atoms with Crippen LogP contribution >= 0.6 is 11.3 Å². The fraction of sp³-hybridized carbons (Fsp3) is 0.538. The van der Waals surface area contributed by atoms with Crippen LogP contribution in [0.4, 0.5) is 0 Å². The lowest BCUT2D eigenvalue weighted by Crippen LogP contribution is -2.11. The SMILES string of the molecule is CCNCc1nc(-c2c(C)nn(CC)c2C)cs1. The highest BCUT2D eigenvalue weighted by molar-refractivity contribution is 7.09. The molecule has 0 atom stereocenters. The molecule has 0 unspecified atom stereocenters. The van der Waals surface area contributed by atoms with Gasteiger partial charge in [-0.2, -0.15) is 5.10 Å². The van der Waals surface area contributed by atoms with Gasteiger partial charge in [0.05, 0.1) is 11.4 Å². The maximum absolute atomic E-state index is 4.69. The van der Waals surface area contributed by atoms with Crippen LogP contribution in [-0.2, 0) is 13.1 Å². The molecule has 2 aromatic rings. The maximum atomic E-state index is 4.69. The highest BCUT2D eigenvalue weighted by Gasteiger charge is 2.15. The van der Waals surface area contributed by atoms with E-state index in [1.54, 1.807) is 11.3 Å². The molecular weight excluding hydrogens is 244 g/mol. The van der Waals surface area contributed by atoms with Crippen molar-refractivity contribution in [3.8, 4) is 11.3 Å². The predicted octanol–water partition coefficient (Wildman–Crippen LogP) is 2.75. The lowest BCUT2D eigenvalue weighted by atomic mass is 10.1. The van der Waals surface area contributed by atoms with E-state index in [0.717, 1.165) is 36.0 Å². The van der Waals surface area contributed by atoms with Crippen molar-refractivity contribution in [2.24, 2.45) is 0 Å². The molecule has 5 heteroatoms. The average molecular weight is 264 g/mol. The van der Waals surface area contributed by atoms with Gasteiger partial charge in [-0.1, -0.05) is 6.92 Å². The quantitative estimate of drug-likeness (QED) is 0.903. The monoisotopic (exact) mass is 264 g/mol. The Morgan fingerprint density at radius 2 is 2.11 bits per heavy atom. The number of aryl methyl sites for hydroxylation is 2. The summed E-state index contributed by atoms with van der Waals surface area (Å²) in [6.07, 6.45) is 0. The molecule has 0 aromatic carbocycles. The van der Waals surface area contributed by atoms with Gasteiger partial charge >= 0.3 is 0 Å². The van der Waals surface area contributed by atoms with E-state index in [-0.39, 0.29) is 0 Å². The summed E-state index contributed by atoms with van der Waals surface area (Å²) in [5.41, 5.74) is 4.52. The second-order valence-corrected chi connectivity index (χ2v) is 5.21. The van der Waals surface area contributed by atoms with Crippen molar-refractivity contribution >= 4 is 11.3 Å². The molecule has 0 aliphatic rings. The second-order valence-electron chi connectivity index (χ2n) is 4.27. The highest BCUT2D eigenvalue weighted by atomic mass is 32.1. The molecule has 0 saturated heterocycles. The molecule has 0 spiro atoms.